The fourth-order valence-electron chi connectivity index (χ4n) is 4.26. The van der Waals surface area contributed by atoms with E-state index in [0.29, 0.717) is 11.6 Å². The zero-order valence-electron chi connectivity index (χ0n) is 21.3. The number of alkyl carbamates (subject to hydrolysis) is 1. The molecule has 0 spiro atoms. The Morgan fingerprint density at radius 2 is 1.51 bits per heavy atom. The summed E-state index contributed by atoms with van der Waals surface area (Å²) >= 11 is 1.29. The molecular formula is C30H34N2O6S. The van der Waals surface area contributed by atoms with E-state index >= 15 is 0 Å². The van der Waals surface area contributed by atoms with Gasteiger partial charge in [-0.05, 0) is 39.9 Å². The maximum absolute atomic E-state index is 12.9. The second-order valence-electron chi connectivity index (χ2n) is 8.73. The third kappa shape index (κ3) is 7.77. The summed E-state index contributed by atoms with van der Waals surface area (Å²) in [5, 5.41) is 5.30. The van der Waals surface area contributed by atoms with Crippen LogP contribution in [0.2, 0.25) is 0 Å². The summed E-state index contributed by atoms with van der Waals surface area (Å²) < 4.78 is 16.2. The lowest BCUT2D eigenvalue weighted by Gasteiger charge is -2.19. The van der Waals surface area contributed by atoms with Gasteiger partial charge in [-0.15, -0.1) is 11.8 Å². The Hall–Kier alpha value is -3.98. The normalized spacial score (nSPS) is 12.3. The number of carbonyl (C=O) groups is 3. The highest BCUT2D eigenvalue weighted by atomic mass is 32.2. The van der Waals surface area contributed by atoms with E-state index in [1.807, 2.05) is 36.4 Å². The van der Waals surface area contributed by atoms with E-state index in [1.165, 1.54) is 18.7 Å². The Labute approximate surface area is 233 Å². The van der Waals surface area contributed by atoms with Gasteiger partial charge in [-0.3, -0.25) is 4.79 Å². The van der Waals surface area contributed by atoms with Crippen molar-refractivity contribution >= 4 is 29.7 Å². The Balaban J connectivity index is 0.00000420. The van der Waals surface area contributed by atoms with Crippen LogP contribution >= 0.6 is 11.8 Å². The highest BCUT2D eigenvalue weighted by Gasteiger charge is 2.30. The molecule has 1 atom stereocenters. The second-order valence-corrected chi connectivity index (χ2v) is 9.76. The van der Waals surface area contributed by atoms with Crippen LogP contribution in [0.1, 0.15) is 37.0 Å². The predicted octanol–water partition coefficient (Wildman–Crippen LogP) is 5.11. The summed E-state index contributed by atoms with van der Waals surface area (Å²) in [6.45, 7) is 1.59. The van der Waals surface area contributed by atoms with Crippen molar-refractivity contribution in [2.45, 2.75) is 32.9 Å². The van der Waals surface area contributed by atoms with Crippen LogP contribution in [0.25, 0.3) is 11.1 Å². The van der Waals surface area contributed by atoms with E-state index in [2.05, 4.69) is 22.8 Å². The second kappa shape index (κ2) is 14.2. The first-order valence-electron chi connectivity index (χ1n) is 12.2. The molecular weight excluding hydrogens is 516 g/mol. The number of thioether (sulfide) groups is 1. The van der Waals surface area contributed by atoms with Crippen LogP contribution in [-0.2, 0) is 25.7 Å². The van der Waals surface area contributed by atoms with E-state index in [-0.39, 0.29) is 38.2 Å². The molecule has 8 nitrogen and oxygen atoms in total. The lowest BCUT2D eigenvalue weighted by atomic mass is 9.98. The average molecular weight is 551 g/mol. The zero-order chi connectivity index (χ0) is 26.9. The smallest absolute Gasteiger partial charge is 0.407 e. The maximum Gasteiger partial charge on any atom is 0.407 e. The lowest BCUT2D eigenvalue weighted by molar-refractivity contribution is -0.146. The molecule has 9 heteroatoms. The Kier molecular flexibility index (Phi) is 10.8. The third-order valence-electron chi connectivity index (χ3n) is 6.17. The molecule has 0 unspecified atom stereocenters. The third-order valence-corrected chi connectivity index (χ3v) is 7.09. The molecule has 39 heavy (non-hydrogen) atoms. The highest BCUT2D eigenvalue weighted by Crippen LogP contribution is 2.44. The van der Waals surface area contributed by atoms with E-state index < -0.39 is 18.1 Å². The van der Waals surface area contributed by atoms with Crippen molar-refractivity contribution < 1.29 is 28.6 Å². The fourth-order valence-corrected chi connectivity index (χ4v) is 5.14. The van der Waals surface area contributed by atoms with Gasteiger partial charge in [0, 0.05) is 18.6 Å². The minimum atomic E-state index is -0.956. The molecule has 0 heterocycles. The summed E-state index contributed by atoms with van der Waals surface area (Å²) in [6, 6.07) is 22.3. The van der Waals surface area contributed by atoms with Crippen LogP contribution in [0, 0.1) is 0 Å². The van der Waals surface area contributed by atoms with Gasteiger partial charge < -0.3 is 24.8 Å². The number of rotatable bonds is 11. The summed E-state index contributed by atoms with van der Waals surface area (Å²) in [4.78, 5) is 36.8. The molecule has 0 saturated carbocycles. The number of hydrogen-bond donors (Lipinski definition) is 2. The van der Waals surface area contributed by atoms with Crippen LogP contribution < -0.4 is 15.4 Å². The van der Waals surface area contributed by atoms with E-state index in [9.17, 15) is 14.4 Å². The van der Waals surface area contributed by atoms with Gasteiger partial charge in [0.05, 0.1) is 13.0 Å². The van der Waals surface area contributed by atoms with Gasteiger partial charge in [0.1, 0.15) is 25.0 Å². The summed E-state index contributed by atoms with van der Waals surface area (Å²) in [5.74, 6) is 0.327. The van der Waals surface area contributed by atoms with Crippen molar-refractivity contribution in [1.82, 2.24) is 10.6 Å². The molecule has 2 N–H and O–H groups in total. The number of amides is 2. The number of fused-ring (bicyclic) bond motifs is 3. The first-order chi connectivity index (χ1) is 18.5. The summed E-state index contributed by atoms with van der Waals surface area (Å²) in [5.41, 5.74) is 5.24. The predicted molar refractivity (Wildman–Crippen MR) is 153 cm³/mol. The highest BCUT2D eigenvalue weighted by molar-refractivity contribution is 7.99. The molecule has 4 rings (SSSR count). The van der Waals surface area contributed by atoms with Crippen LogP contribution in [0.4, 0.5) is 4.79 Å². The number of ether oxygens (including phenoxy) is 3. The number of nitrogens with one attached hydrogen (secondary N) is 2. The van der Waals surface area contributed by atoms with Crippen molar-refractivity contribution in [3.8, 4) is 16.9 Å². The number of hydrogen-bond acceptors (Lipinski definition) is 7. The lowest BCUT2D eigenvalue weighted by Crippen LogP contribution is -2.44. The van der Waals surface area contributed by atoms with E-state index in [1.54, 1.807) is 31.4 Å². The minimum Gasteiger partial charge on any atom is -0.497 e. The SMILES string of the molecule is C.COc1ccc(COC(=O)[C@@H](CSCNC(C)=O)NC(=O)OCC2c3ccccc3-c3ccccc32)cc1. The molecule has 2 amide bonds. The van der Waals surface area contributed by atoms with Crippen LogP contribution in [0.3, 0.4) is 0 Å². The van der Waals surface area contributed by atoms with Crippen molar-refractivity contribution in [3.63, 3.8) is 0 Å². The topological polar surface area (TPSA) is 103 Å². The molecule has 1 aliphatic carbocycles. The molecule has 3 aromatic rings. The van der Waals surface area contributed by atoms with Gasteiger partial charge in [0.15, 0.2) is 0 Å². The van der Waals surface area contributed by atoms with Gasteiger partial charge in [0.2, 0.25) is 5.91 Å². The van der Waals surface area contributed by atoms with Gasteiger partial charge in [0.25, 0.3) is 0 Å². The Bertz CT molecular complexity index is 1230. The van der Waals surface area contributed by atoms with Gasteiger partial charge in [-0.25, -0.2) is 9.59 Å². The quantitative estimate of drug-likeness (QED) is 0.194. The molecule has 0 radical (unpaired) electrons. The van der Waals surface area contributed by atoms with Crippen LogP contribution in [0.5, 0.6) is 5.75 Å². The van der Waals surface area contributed by atoms with Crippen LogP contribution in [-0.4, -0.2) is 49.4 Å². The average Bonchev–Trinajstić information content (AvgIpc) is 3.26. The van der Waals surface area contributed by atoms with E-state index in [4.69, 9.17) is 14.2 Å². The minimum absolute atomic E-state index is 0. The number of benzene rings is 3. The summed E-state index contributed by atoms with van der Waals surface area (Å²) in [6.07, 6.45) is -0.710. The van der Waals surface area contributed by atoms with E-state index in [0.717, 1.165) is 27.8 Å². The molecule has 0 bridgehead atoms. The zero-order valence-corrected chi connectivity index (χ0v) is 22.1. The Morgan fingerprint density at radius 1 is 0.897 bits per heavy atom. The van der Waals surface area contributed by atoms with Crippen molar-refractivity contribution in [2.75, 3.05) is 25.3 Å². The van der Waals surface area contributed by atoms with Crippen LogP contribution in [0.15, 0.2) is 72.8 Å². The van der Waals surface area contributed by atoms with Crippen molar-refractivity contribution in [2.24, 2.45) is 0 Å². The number of esters is 1. The van der Waals surface area contributed by atoms with Gasteiger partial charge in [-0.1, -0.05) is 68.1 Å². The fraction of sp³-hybridized carbons (Fsp3) is 0.300. The number of carbonyl (C=O) groups excluding carboxylic acids is 3. The number of methoxy groups -OCH3 is 1. The summed E-state index contributed by atoms with van der Waals surface area (Å²) in [7, 11) is 1.58. The molecule has 0 aromatic heterocycles. The monoisotopic (exact) mass is 550 g/mol. The molecule has 206 valence electrons. The van der Waals surface area contributed by atoms with Gasteiger partial charge in [-0.2, -0.15) is 0 Å². The molecule has 1 aliphatic rings. The molecule has 0 aliphatic heterocycles. The largest absolute Gasteiger partial charge is 0.497 e. The molecule has 0 fully saturated rings. The standard InChI is InChI=1S/C29H30N2O6S.CH4/c1-19(32)30-18-38-17-27(28(33)36-15-20-11-13-21(35-2)14-12-20)31-29(34)37-16-26-24-9-5-3-7-22(24)23-8-4-6-10-25(23)26;/h3-14,26-27H,15-18H2,1-2H3,(H,30,32)(H,31,34);1H4/t27-;/m1./s1. The van der Waals surface area contributed by atoms with Gasteiger partial charge >= 0.3 is 12.1 Å². The first-order valence-corrected chi connectivity index (χ1v) is 13.3. The van der Waals surface area contributed by atoms with Crippen molar-refractivity contribution in [1.29, 1.82) is 0 Å². The maximum atomic E-state index is 12.9. The van der Waals surface area contributed by atoms with Crippen molar-refractivity contribution in [3.05, 3.63) is 89.5 Å². The first kappa shape index (κ1) is 29.6. The Morgan fingerprint density at radius 3 is 2.10 bits per heavy atom. The molecule has 3 aromatic carbocycles. The molecule has 0 saturated heterocycles.